The molecular formula is C19H19F4N3O3S. The van der Waals surface area contributed by atoms with Gasteiger partial charge in [-0.3, -0.25) is 0 Å². The van der Waals surface area contributed by atoms with E-state index in [1.165, 1.54) is 29.2 Å². The van der Waals surface area contributed by atoms with Gasteiger partial charge in [-0.1, -0.05) is 6.07 Å². The normalized spacial score (nSPS) is 15.2. The molecule has 0 unspecified atom stereocenters. The quantitative estimate of drug-likeness (QED) is 0.733. The maximum absolute atomic E-state index is 14.4. The van der Waals surface area contributed by atoms with Crippen LogP contribution in [-0.4, -0.2) is 51.8 Å². The Labute approximate surface area is 171 Å². The average Bonchev–Trinajstić information content (AvgIpc) is 2.67. The first-order chi connectivity index (χ1) is 13.9. The molecule has 1 aliphatic rings. The molecule has 1 aliphatic heterocycles. The van der Waals surface area contributed by atoms with Gasteiger partial charge in [0.25, 0.3) is 0 Å². The Morgan fingerprint density at radius 2 is 1.70 bits per heavy atom. The van der Waals surface area contributed by atoms with Crippen molar-refractivity contribution in [1.29, 1.82) is 0 Å². The number of urea groups is 1. The van der Waals surface area contributed by atoms with Gasteiger partial charge in [-0.05, 0) is 36.4 Å². The summed E-state index contributed by atoms with van der Waals surface area (Å²) in [7, 11) is -3.53. The molecule has 0 spiro atoms. The summed E-state index contributed by atoms with van der Waals surface area (Å²) in [4.78, 5) is 15.3. The molecule has 0 atom stereocenters. The third-order valence-electron chi connectivity index (χ3n) is 4.70. The molecule has 6 nitrogen and oxygen atoms in total. The Balaban J connectivity index is 1.62. The molecule has 11 heteroatoms. The fourth-order valence-corrected chi connectivity index (χ4v) is 3.73. The molecule has 0 aliphatic carbocycles. The van der Waals surface area contributed by atoms with Crippen molar-refractivity contribution in [2.24, 2.45) is 0 Å². The highest BCUT2D eigenvalue weighted by atomic mass is 32.2. The minimum atomic E-state index is -4.51. The van der Waals surface area contributed by atoms with Crippen molar-refractivity contribution in [3.8, 4) is 0 Å². The van der Waals surface area contributed by atoms with Crippen LogP contribution in [0.2, 0.25) is 0 Å². The van der Waals surface area contributed by atoms with Crippen molar-refractivity contribution in [1.82, 2.24) is 4.90 Å². The van der Waals surface area contributed by atoms with E-state index in [9.17, 15) is 30.8 Å². The summed E-state index contributed by atoms with van der Waals surface area (Å²) >= 11 is 0. The molecule has 162 valence electrons. The number of hydrogen-bond donors (Lipinski definition) is 1. The van der Waals surface area contributed by atoms with Crippen LogP contribution < -0.4 is 10.2 Å². The first-order valence-electron chi connectivity index (χ1n) is 8.93. The highest BCUT2D eigenvalue weighted by molar-refractivity contribution is 7.90. The average molecular weight is 445 g/mol. The first kappa shape index (κ1) is 21.9. The number of rotatable bonds is 3. The summed E-state index contributed by atoms with van der Waals surface area (Å²) in [6, 6.07) is 7.44. The molecular weight excluding hydrogens is 426 g/mol. The Morgan fingerprint density at radius 3 is 2.27 bits per heavy atom. The molecule has 3 rings (SSSR count). The number of amides is 2. The smallest absolute Gasteiger partial charge is 0.366 e. The second-order valence-electron chi connectivity index (χ2n) is 6.87. The van der Waals surface area contributed by atoms with Crippen molar-refractivity contribution < 1.29 is 30.8 Å². The molecule has 0 radical (unpaired) electrons. The van der Waals surface area contributed by atoms with Crippen LogP contribution in [0, 0.1) is 5.82 Å². The molecule has 0 saturated carbocycles. The van der Waals surface area contributed by atoms with Gasteiger partial charge in [0.1, 0.15) is 5.82 Å². The standard InChI is InChI=1S/C19H19F4N3O3S/c1-30(28,29)15-5-6-17(16(20)12-15)25-7-9-26(10-8-25)18(27)24-14-4-2-3-13(11-14)19(21,22)23/h2-6,11-12H,7-10H2,1H3,(H,24,27). The zero-order valence-corrected chi connectivity index (χ0v) is 16.7. The SMILES string of the molecule is CS(=O)(=O)c1ccc(N2CCN(C(=O)Nc3cccc(C(F)(F)F)c3)CC2)c(F)c1. The van der Waals surface area contributed by atoms with E-state index in [2.05, 4.69) is 5.32 Å². The lowest BCUT2D eigenvalue weighted by Crippen LogP contribution is -2.50. The molecule has 0 bridgehead atoms. The Hall–Kier alpha value is -2.82. The highest BCUT2D eigenvalue weighted by Gasteiger charge is 2.31. The topological polar surface area (TPSA) is 69.7 Å². The number of nitrogens with zero attached hydrogens (tertiary/aromatic N) is 2. The summed E-state index contributed by atoms with van der Waals surface area (Å²) in [6.07, 6.45) is -3.52. The third kappa shape index (κ3) is 5.02. The van der Waals surface area contributed by atoms with Gasteiger partial charge in [-0.2, -0.15) is 13.2 Å². The Bertz CT molecular complexity index is 1050. The zero-order valence-electron chi connectivity index (χ0n) is 15.9. The summed E-state index contributed by atoms with van der Waals surface area (Å²) in [5.41, 5.74) is -0.613. The van der Waals surface area contributed by atoms with E-state index >= 15 is 0 Å². The Kier molecular flexibility index (Phi) is 5.93. The molecule has 1 heterocycles. The number of piperazine rings is 1. The van der Waals surface area contributed by atoms with Crippen molar-refractivity contribution in [3.63, 3.8) is 0 Å². The van der Waals surface area contributed by atoms with Crippen LogP contribution in [0.3, 0.4) is 0 Å². The van der Waals surface area contributed by atoms with Gasteiger partial charge in [-0.25, -0.2) is 17.6 Å². The predicted octanol–water partition coefficient (Wildman–Crippen LogP) is 3.60. The van der Waals surface area contributed by atoms with Gasteiger partial charge in [0.2, 0.25) is 0 Å². The lowest BCUT2D eigenvalue weighted by atomic mass is 10.2. The summed E-state index contributed by atoms with van der Waals surface area (Å²) in [6.45, 7) is 1.01. The van der Waals surface area contributed by atoms with Crippen LogP contribution in [0.5, 0.6) is 0 Å². The van der Waals surface area contributed by atoms with Crippen LogP contribution in [0.4, 0.5) is 33.7 Å². The number of anilines is 2. The maximum atomic E-state index is 14.4. The van der Waals surface area contributed by atoms with Crippen molar-refractivity contribution in [2.75, 3.05) is 42.7 Å². The van der Waals surface area contributed by atoms with Gasteiger partial charge >= 0.3 is 12.2 Å². The number of carbonyl (C=O) groups excluding carboxylic acids is 1. The predicted molar refractivity (Wildman–Crippen MR) is 104 cm³/mol. The summed E-state index contributed by atoms with van der Waals surface area (Å²) in [5.74, 6) is -0.681. The Morgan fingerprint density at radius 1 is 1.03 bits per heavy atom. The van der Waals surface area contributed by atoms with Crippen LogP contribution >= 0.6 is 0 Å². The largest absolute Gasteiger partial charge is 0.416 e. The highest BCUT2D eigenvalue weighted by Crippen LogP contribution is 2.31. The molecule has 2 aromatic carbocycles. The molecule has 1 saturated heterocycles. The fourth-order valence-electron chi connectivity index (χ4n) is 3.10. The lowest BCUT2D eigenvalue weighted by Gasteiger charge is -2.36. The van der Waals surface area contributed by atoms with Crippen molar-refractivity contribution >= 4 is 27.2 Å². The second kappa shape index (κ2) is 8.13. The second-order valence-corrected chi connectivity index (χ2v) is 8.88. The van der Waals surface area contributed by atoms with Gasteiger partial charge in [0.15, 0.2) is 9.84 Å². The molecule has 30 heavy (non-hydrogen) atoms. The van der Waals surface area contributed by atoms with E-state index in [0.29, 0.717) is 0 Å². The lowest BCUT2D eigenvalue weighted by molar-refractivity contribution is -0.137. The van der Waals surface area contributed by atoms with Gasteiger partial charge in [0.05, 0.1) is 16.1 Å². The third-order valence-corrected chi connectivity index (χ3v) is 5.81. The number of nitrogens with one attached hydrogen (secondary N) is 1. The summed E-state index contributed by atoms with van der Waals surface area (Å²) < 4.78 is 75.8. The number of carbonyl (C=O) groups is 1. The van der Waals surface area contributed by atoms with E-state index < -0.39 is 33.4 Å². The van der Waals surface area contributed by atoms with Crippen molar-refractivity contribution in [2.45, 2.75) is 11.1 Å². The minimum absolute atomic E-state index is 0.0275. The molecule has 2 amide bonds. The number of benzene rings is 2. The number of halogens is 4. The number of alkyl halides is 3. The van der Waals surface area contributed by atoms with E-state index in [-0.39, 0.29) is 42.4 Å². The van der Waals surface area contributed by atoms with E-state index in [1.54, 1.807) is 4.90 Å². The first-order valence-corrected chi connectivity index (χ1v) is 10.8. The molecule has 0 aromatic heterocycles. The molecule has 2 aromatic rings. The number of hydrogen-bond acceptors (Lipinski definition) is 4. The maximum Gasteiger partial charge on any atom is 0.416 e. The van der Waals surface area contributed by atoms with E-state index in [1.807, 2.05) is 0 Å². The summed E-state index contributed by atoms with van der Waals surface area (Å²) in [5, 5.41) is 2.44. The van der Waals surface area contributed by atoms with Crippen LogP contribution in [0.15, 0.2) is 47.4 Å². The van der Waals surface area contributed by atoms with Gasteiger partial charge in [-0.15, -0.1) is 0 Å². The molecule has 1 fully saturated rings. The van der Waals surface area contributed by atoms with Gasteiger partial charge in [0, 0.05) is 38.1 Å². The van der Waals surface area contributed by atoms with Crippen molar-refractivity contribution in [3.05, 3.63) is 53.8 Å². The van der Waals surface area contributed by atoms with Crippen LogP contribution in [0.1, 0.15) is 5.56 Å². The van der Waals surface area contributed by atoms with E-state index in [0.717, 1.165) is 24.5 Å². The fraction of sp³-hybridized carbons (Fsp3) is 0.316. The monoisotopic (exact) mass is 445 g/mol. The number of sulfone groups is 1. The van der Waals surface area contributed by atoms with E-state index in [4.69, 9.17) is 0 Å². The van der Waals surface area contributed by atoms with Crippen LogP contribution in [0.25, 0.3) is 0 Å². The van der Waals surface area contributed by atoms with Gasteiger partial charge < -0.3 is 15.1 Å². The zero-order chi connectivity index (χ0) is 22.1. The minimum Gasteiger partial charge on any atom is -0.366 e. The van der Waals surface area contributed by atoms with Crippen LogP contribution in [-0.2, 0) is 16.0 Å². The molecule has 1 N–H and O–H groups in total.